The average Bonchev–Trinajstić information content (AvgIpc) is 3.50. The molecule has 0 atom stereocenters. The molecule has 0 spiro atoms. The molecule has 4 heterocycles. The number of thiazole rings is 1. The minimum Gasteiger partial charge on any atom is -0.324 e. The van der Waals surface area contributed by atoms with Crippen LogP contribution < -0.4 is 16.2 Å². The molecule has 1 saturated carbocycles. The van der Waals surface area contributed by atoms with Crippen LogP contribution in [-0.2, 0) is 18.4 Å². The summed E-state index contributed by atoms with van der Waals surface area (Å²) in [6.45, 7) is 7.61. The van der Waals surface area contributed by atoms with Gasteiger partial charge >= 0.3 is 0 Å². The normalized spacial score (nSPS) is 16.1. The number of aromatic nitrogens is 5. The van der Waals surface area contributed by atoms with Crippen molar-refractivity contribution in [1.82, 2.24) is 29.6 Å². The molecule has 1 aliphatic carbocycles. The Morgan fingerprint density at radius 1 is 1.21 bits per heavy atom. The van der Waals surface area contributed by atoms with E-state index in [1.807, 2.05) is 26.8 Å². The second kappa shape index (κ2) is 7.71. The lowest BCUT2D eigenvalue weighted by Gasteiger charge is -2.18. The number of hydrogen-bond acceptors (Lipinski definition) is 7. The molecule has 1 aromatic carbocycles. The summed E-state index contributed by atoms with van der Waals surface area (Å²) in [4.78, 5) is 27.0. The summed E-state index contributed by atoms with van der Waals surface area (Å²) in [6.07, 6.45) is 4.33. The summed E-state index contributed by atoms with van der Waals surface area (Å²) in [6, 6.07) is 6.30. The van der Waals surface area contributed by atoms with E-state index in [4.69, 9.17) is 4.98 Å². The fourth-order valence-corrected chi connectivity index (χ4v) is 5.43. The van der Waals surface area contributed by atoms with Crippen LogP contribution in [0, 0.1) is 5.13 Å². The van der Waals surface area contributed by atoms with Crippen LogP contribution in [0.15, 0.2) is 29.2 Å². The molecule has 0 radical (unpaired) electrons. The van der Waals surface area contributed by atoms with E-state index in [9.17, 15) is 9.18 Å². The second-order valence-corrected chi connectivity index (χ2v) is 11.0. The number of halogens is 1. The van der Waals surface area contributed by atoms with Crippen molar-refractivity contribution in [2.24, 2.45) is 0 Å². The molecule has 2 aliphatic rings. The average molecular weight is 480 g/mol. The van der Waals surface area contributed by atoms with Crippen molar-refractivity contribution < 1.29 is 4.39 Å². The summed E-state index contributed by atoms with van der Waals surface area (Å²) in [5, 5.41) is 7.13. The number of fused-ring (bicyclic) bond motifs is 2. The first-order valence-corrected chi connectivity index (χ1v) is 12.4. The largest absolute Gasteiger partial charge is 0.324 e. The lowest BCUT2D eigenvalue weighted by atomic mass is 9.93. The van der Waals surface area contributed by atoms with E-state index < -0.39 is 5.41 Å². The van der Waals surface area contributed by atoms with Crippen LogP contribution in [0.4, 0.5) is 16.0 Å². The maximum absolute atomic E-state index is 14.9. The highest BCUT2D eigenvalue weighted by Crippen LogP contribution is 2.37. The molecule has 4 aromatic rings. The zero-order chi connectivity index (χ0) is 23.6. The molecule has 3 aromatic heterocycles. The molecule has 0 saturated heterocycles. The summed E-state index contributed by atoms with van der Waals surface area (Å²) < 4.78 is 18.2. The highest BCUT2D eigenvalue weighted by atomic mass is 32.1. The lowest BCUT2D eigenvalue weighted by Crippen LogP contribution is -2.23. The van der Waals surface area contributed by atoms with Crippen molar-refractivity contribution in [3.8, 4) is 5.13 Å². The Bertz CT molecular complexity index is 1480. The van der Waals surface area contributed by atoms with Crippen molar-refractivity contribution in [3.05, 3.63) is 56.7 Å². The molecule has 0 unspecified atom stereocenters. The van der Waals surface area contributed by atoms with E-state index in [0.29, 0.717) is 27.8 Å². The standard InChI is InChI=1S/C24H26FN7OS/c1-24(2,3)18-19(25)34-23(29-18)32-20-17(21(33)31(32)16-6-7-16)12-27-22(30-20)28-15-5-4-14-11-26-9-8-13(14)10-15/h4-5,10,12,16,26H,6-9,11H2,1-3H3,(H,27,28,30). The Labute approximate surface area is 199 Å². The number of rotatable bonds is 4. The fourth-order valence-electron chi connectivity index (χ4n) is 4.42. The van der Waals surface area contributed by atoms with Crippen molar-refractivity contribution in [1.29, 1.82) is 0 Å². The van der Waals surface area contributed by atoms with Gasteiger partial charge in [0, 0.05) is 23.8 Å². The molecule has 1 aliphatic heterocycles. The van der Waals surface area contributed by atoms with Gasteiger partial charge < -0.3 is 10.6 Å². The van der Waals surface area contributed by atoms with Gasteiger partial charge in [0.2, 0.25) is 16.2 Å². The SMILES string of the molecule is CC(C)(C)c1nc(-n2c3nc(Nc4ccc5c(c4)CCNC5)ncc3c(=O)n2C2CC2)sc1F. The Morgan fingerprint density at radius 2 is 2.03 bits per heavy atom. The quantitative estimate of drug-likeness (QED) is 0.456. The Morgan fingerprint density at radius 3 is 2.76 bits per heavy atom. The first-order chi connectivity index (χ1) is 16.3. The molecule has 10 heteroatoms. The Kier molecular flexibility index (Phi) is 4.86. The zero-order valence-electron chi connectivity index (χ0n) is 19.4. The molecular formula is C24H26FN7OS. The molecule has 176 valence electrons. The molecule has 6 rings (SSSR count). The minimum atomic E-state index is -0.448. The first kappa shape index (κ1) is 21.4. The van der Waals surface area contributed by atoms with E-state index in [-0.39, 0.29) is 16.7 Å². The predicted molar refractivity (Wildman–Crippen MR) is 131 cm³/mol. The van der Waals surface area contributed by atoms with Crippen LogP contribution in [0.2, 0.25) is 0 Å². The number of nitrogens with zero attached hydrogens (tertiary/aromatic N) is 5. The van der Waals surface area contributed by atoms with Gasteiger partial charge in [-0.3, -0.25) is 4.79 Å². The van der Waals surface area contributed by atoms with Gasteiger partial charge in [-0.05, 0) is 49.1 Å². The number of nitrogens with one attached hydrogen (secondary N) is 2. The third-order valence-corrected chi connectivity index (χ3v) is 7.15. The lowest BCUT2D eigenvalue weighted by molar-refractivity contribution is 0.515. The number of hydrogen-bond donors (Lipinski definition) is 2. The summed E-state index contributed by atoms with van der Waals surface area (Å²) in [7, 11) is 0. The van der Waals surface area contributed by atoms with Gasteiger partial charge in [0.25, 0.3) is 5.56 Å². The van der Waals surface area contributed by atoms with Crippen LogP contribution in [0.1, 0.15) is 56.5 Å². The van der Waals surface area contributed by atoms with Crippen molar-refractivity contribution in [3.63, 3.8) is 0 Å². The molecule has 8 nitrogen and oxygen atoms in total. The highest BCUT2D eigenvalue weighted by molar-refractivity contribution is 7.12. The van der Waals surface area contributed by atoms with E-state index in [1.54, 1.807) is 15.6 Å². The van der Waals surface area contributed by atoms with Gasteiger partial charge in [0.15, 0.2) is 5.65 Å². The fraction of sp³-hybridized carbons (Fsp3) is 0.417. The van der Waals surface area contributed by atoms with Crippen LogP contribution in [0.5, 0.6) is 0 Å². The van der Waals surface area contributed by atoms with E-state index in [1.165, 1.54) is 11.1 Å². The van der Waals surface area contributed by atoms with E-state index in [2.05, 4.69) is 32.7 Å². The van der Waals surface area contributed by atoms with Crippen LogP contribution in [0.3, 0.4) is 0 Å². The maximum Gasteiger partial charge on any atom is 0.278 e. The number of benzene rings is 1. The Hall–Kier alpha value is -3.11. The molecule has 34 heavy (non-hydrogen) atoms. The van der Waals surface area contributed by atoms with Crippen LogP contribution in [-0.4, -0.2) is 30.9 Å². The molecule has 0 bridgehead atoms. The van der Waals surface area contributed by atoms with Crippen LogP contribution >= 0.6 is 11.3 Å². The third kappa shape index (κ3) is 3.61. The van der Waals surface area contributed by atoms with E-state index in [0.717, 1.165) is 49.4 Å². The van der Waals surface area contributed by atoms with Crippen molar-refractivity contribution in [2.45, 2.75) is 58.0 Å². The first-order valence-electron chi connectivity index (χ1n) is 11.6. The summed E-state index contributed by atoms with van der Waals surface area (Å²) >= 11 is 0.946. The van der Waals surface area contributed by atoms with Crippen LogP contribution in [0.25, 0.3) is 16.2 Å². The molecule has 1 fully saturated rings. The van der Waals surface area contributed by atoms with Gasteiger partial charge in [-0.1, -0.05) is 38.2 Å². The smallest absolute Gasteiger partial charge is 0.278 e. The monoisotopic (exact) mass is 479 g/mol. The second-order valence-electron chi connectivity index (χ2n) is 10.0. The van der Waals surface area contributed by atoms with Crippen molar-refractivity contribution in [2.75, 3.05) is 11.9 Å². The van der Waals surface area contributed by atoms with Gasteiger partial charge in [0.1, 0.15) is 5.39 Å². The highest BCUT2D eigenvalue weighted by Gasteiger charge is 2.33. The minimum absolute atomic E-state index is 0.0670. The molecule has 2 N–H and O–H groups in total. The third-order valence-electron chi connectivity index (χ3n) is 6.33. The van der Waals surface area contributed by atoms with Gasteiger partial charge in [-0.2, -0.15) is 9.37 Å². The van der Waals surface area contributed by atoms with Gasteiger partial charge in [-0.25, -0.2) is 19.3 Å². The van der Waals surface area contributed by atoms with Crippen molar-refractivity contribution >= 4 is 34.0 Å². The maximum atomic E-state index is 14.9. The summed E-state index contributed by atoms with van der Waals surface area (Å²) in [5.41, 5.74) is 3.70. The number of anilines is 2. The zero-order valence-corrected chi connectivity index (χ0v) is 20.2. The molecular weight excluding hydrogens is 453 g/mol. The predicted octanol–water partition coefficient (Wildman–Crippen LogP) is 4.20. The van der Waals surface area contributed by atoms with Gasteiger partial charge in [0.05, 0.1) is 11.7 Å². The molecule has 0 amide bonds. The van der Waals surface area contributed by atoms with E-state index >= 15 is 0 Å². The Balaban J connectivity index is 1.46. The summed E-state index contributed by atoms with van der Waals surface area (Å²) in [5.74, 6) is 0.385. The topological polar surface area (TPSA) is 89.7 Å². The van der Waals surface area contributed by atoms with Gasteiger partial charge in [-0.15, -0.1) is 0 Å².